The summed E-state index contributed by atoms with van der Waals surface area (Å²) in [5, 5.41) is 2.90. The van der Waals surface area contributed by atoms with Gasteiger partial charge in [0.1, 0.15) is 6.04 Å². The highest BCUT2D eigenvalue weighted by Gasteiger charge is 2.18. The third-order valence-electron chi connectivity index (χ3n) is 2.43. The quantitative estimate of drug-likeness (QED) is 0.847. The Labute approximate surface area is 117 Å². The Morgan fingerprint density at radius 2 is 2.11 bits per heavy atom. The van der Waals surface area contributed by atoms with E-state index in [0.29, 0.717) is 13.2 Å². The SMILES string of the molecule is CCOc1nc(Cl)nc(NC(C)C(=O)N(C)CC)n1. The monoisotopic (exact) mass is 287 g/mol. The van der Waals surface area contributed by atoms with E-state index in [-0.39, 0.29) is 23.1 Å². The molecule has 0 saturated heterocycles. The predicted octanol–water partition coefficient (Wildman–Crippen LogP) is 1.20. The molecule has 1 N–H and O–H groups in total. The molecule has 1 unspecified atom stereocenters. The fraction of sp³-hybridized carbons (Fsp3) is 0.636. The summed E-state index contributed by atoms with van der Waals surface area (Å²) in [6, 6.07) is -0.327. The number of hydrogen-bond donors (Lipinski definition) is 1. The summed E-state index contributed by atoms with van der Waals surface area (Å²) in [5.41, 5.74) is 0. The van der Waals surface area contributed by atoms with Crippen LogP contribution in [-0.4, -0.2) is 52.0 Å². The smallest absolute Gasteiger partial charge is 0.322 e. The highest BCUT2D eigenvalue weighted by atomic mass is 35.5. The molecule has 1 aromatic rings. The van der Waals surface area contributed by atoms with Gasteiger partial charge in [-0.15, -0.1) is 0 Å². The molecule has 0 aliphatic rings. The lowest BCUT2D eigenvalue weighted by molar-refractivity contribution is -0.130. The fourth-order valence-corrected chi connectivity index (χ4v) is 1.48. The maximum atomic E-state index is 11.9. The molecular weight excluding hydrogens is 270 g/mol. The number of carbonyl (C=O) groups excluding carboxylic acids is 1. The zero-order valence-electron chi connectivity index (χ0n) is 11.5. The van der Waals surface area contributed by atoms with Crippen LogP contribution >= 0.6 is 11.6 Å². The first-order valence-corrected chi connectivity index (χ1v) is 6.41. The van der Waals surface area contributed by atoms with E-state index < -0.39 is 6.04 Å². The van der Waals surface area contributed by atoms with Gasteiger partial charge in [0, 0.05) is 13.6 Å². The topological polar surface area (TPSA) is 80.2 Å². The van der Waals surface area contributed by atoms with Crippen LogP contribution in [0.1, 0.15) is 20.8 Å². The number of ether oxygens (including phenoxy) is 1. The maximum absolute atomic E-state index is 11.9. The van der Waals surface area contributed by atoms with Crippen LogP contribution in [-0.2, 0) is 4.79 Å². The van der Waals surface area contributed by atoms with Gasteiger partial charge in [-0.2, -0.15) is 15.0 Å². The van der Waals surface area contributed by atoms with Crippen molar-refractivity contribution >= 4 is 23.5 Å². The number of halogens is 1. The van der Waals surface area contributed by atoms with E-state index >= 15 is 0 Å². The molecule has 0 bridgehead atoms. The molecule has 19 heavy (non-hydrogen) atoms. The molecule has 1 rings (SSSR count). The first kappa shape index (κ1) is 15.4. The first-order valence-electron chi connectivity index (χ1n) is 6.03. The minimum absolute atomic E-state index is 0.0180. The van der Waals surface area contributed by atoms with Crippen LogP contribution in [0.15, 0.2) is 0 Å². The average Bonchev–Trinajstić information content (AvgIpc) is 2.36. The number of nitrogens with zero attached hydrogens (tertiary/aromatic N) is 4. The molecule has 106 valence electrons. The van der Waals surface area contributed by atoms with Crippen molar-refractivity contribution in [2.24, 2.45) is 0 Å². The fourth-order valence-electron chi connectivity index (χ4n) is 1.33. The van der Waals surface area contributed by atoms with Crippen LogP contribution in [0, 0.1) is 0 Å². The van der Waals surface area contributed by atoms with Gasteiger partial charge in [0.15, 0.2) is 0 Å². The minimum Gasteiger partial charge on any atom is -0.464 e. The molecule has 0 radical (unpaired) electrons. The van der Waals surface area contributed by atoms with E-state index in [1.54, 1.807) is 18.9 Å². The highest BCUT2D eigenvalue weighted by Crippen LogP contribution is 2.12. The maximum Gasteiger partial charge on any atom is 0.322 e. The second kappa shape index (κ2) is 7.08. The molecule has 1 heterocycles. The molecular formula is C11H18ClN5O2. The molecule has 1 atom stereocenters. The summed E-state index contributed by atoms with van der Waals surface area (Å²) in [5.74, 6) is 0.158. The van der Waals surface area contributed by atoms with Crippen LogP contribution in [0.2, 0.25) is 5.28 Å². The molecule has 8 heteroatoms. The van der Waals surface area contributed by atoms with E-state index in [9.17, 15) is 4.79 Å². The number of rotatable bonds is 6. The standard InChI is InChI=1S/C11H18ClN5O2/c1-5-17(4)8(18)7(3)13-10-14-9(12)15-11(16-10)19-6-2/h7H,5-6H2,1-4H3,(H,13,14,15,16). The second-order valence-corrected chi connectivity index (χ2v) is 4.20. The van der Waals surface area contributed by atoms with Gasteiger partial charge < -0.3 is 15.0 Å². The van der Waals surface area contributed by atoms with Gasteiger partial charge in [-0.05, 0) is 32.4 Å². The van der Waals surface area contributed by atoms with Gasteiger partial charge in [-0.1, -0.05) is 0 Å². The highest BCUT2D eigenvalue weighted by molar-refractivity contribution is 6.28. The van der Waals surface area contributed by atoms with Crippen molar-refractivity contribution in [3.63, 3.8) is 0 Å². The lowest BCUT2D eigenvalue weighted by atomic mass is 10.3. The summed E-state index contributed by atoms with van der Waals surface area (Å²) < 4.78 is 5.16. The molecule has 0 aliphatic carbocycles. The number of carbonyl (C=O) groups is 1. The van der Waals surface area contributed by atoms with Crippen molar-refractivity contribution in [1.29, 1.82) is 0 Å². The van der Waals surface area contributed by atoms with Crippen LogP contribution in [0.4, 0.5) is 5.95 Å². The Balaban J connectivity index is 2.78. The van der Waals surface area contributed by atoms with Crippen molar-refractivity contribution in [2.75, 3.05) is 25.5 Å². The number of hydrogen-bond acceptors (Lipinski definition) is 6. The van der Waals surface area contributed by atoms with Gasteiger partial charge in [0.25, 0.3) is 0 Å². The Morgan fingerprint density at radius 1 is 1.42 bits per heavy atom. The normalized spacial score (nSPS) is 11.8. The Bertz CT molecular complexity index is 443. The molecule has 1 amide bonds. The zero-order chi connectivity index (χ0) is 14.4. The van der Waals surface area contributed by atoms with Crippen molar-refractivity contribution < 1.29 is 9.53 Å². The van der Waals surface area contributed by atoms with Crippen LogP contribution in [0.3, 0.4) is 0 Å². The number of amides is 1. The second-order valence-electron chi connectivity index (χ2n) is 3.86. The summed E-state index contributed by atoms with van der Waals surface area (Å²) in [6.07, 6.45) is 0. The lowest BCUT2D eigenvalue weighted by Crippen LogP contribution is -2.39. The van der Waals surface area contributed by atoms with Crippen molar-refractivity contribution in [3.05, 3.63) is 5.28 Å². The van der Waals surface area contributed by atoms with Crippen molar-refractivity contribution in [1.82, 2.24) is 19.9 Å². The van der Waals surface area contributed by atoms with Gasteiger partial charge in [-0.3, -0.25) is 4.79 Å². The third-order valence-corrected chi connectivity index (χ3v) is 2.60. The van der Waals surface area contributed by atoms with E-state index in [1.807, 2.05) is 13.8 Å². The molecule has 7 nitrogen and oxygen atoms in total. The largest absolute Gasteiger partial charge is 0.464 e. The minimum atomic E-state index is -0.460. The molecule has 0 fully saturated rings. The summed E-state index contributed by atoms with van der Waals surface area (Å²) in [7, 11) is 1.73. The van der Waals surface area contributed by atoms with Crippen LogP contribution in [0.5, 0.6) is 6.01 Å². The number of nitrogens with one attached hydrogen (secondary N) is 1. The van der Waals surface area contributed by atoms with Crippen molar-refractivity contribution in [2.45, 2.75) is 26.8 Å². The summed E-state index contributed by atoms with van der Waals surface area (Å²) in [4.78, 5) is 25.2. The first-order chi connectivity index (χ1) is 8.97. The molecule has 0 aliphatic heterocycles. The number of anilines is 1. The summed E-state index contributed by atoms with van der Waals surface area (Å²) in [6.45, 7) is 6.50. The Morgan fingerprint density at radius 3 is 2.68 bits per heavy atom. The molecule has 0 spiro atoms. The van der Waals surface area contributed by atoms with E-state index in [4.69, 9.17) is 16.3 Å². The number of likely N-dealkylation sites (N-methyl/N-ethyl adjacent to an activating group) is 1. The molecule has 0 saturated carbocycles. The van der Waals surface area contributed by atoms with E-state index in [0.717, 1.165) is 0 Å². The van der Waals surface area contributed by atoms with E-state index in [2.05, 4.69) is 20.3 Å². The van der Waals surface area contributed by atoms with Crippen LogP contribution < -0.4 is 10.1 Å². The zero-order valence-corrected chi connectivity index (χ0v) is 12.2. The van der Waals surface area contributed by atoms with Crippen molar-refractivity contribution in [3.8, 4) is 6.01 Å². The number of aromatic nitrogens is 3. The predicted molar refractivity (Wildman–Crippen MR) is 72.4 cm³/mol. The Hall–Kier alpha value is -1.63. The van der Waals surface area contributed by atoms with Crippen LogP contribution in [0.25, 0.3) is 0 Å². The lowest BCUT2D eigenvalue weighted by Gasteiger charge is -2.20. The third kappa shape index (κ3) is 4.51. The average molecular weight is 288 g/mol. The van der Waals surface area contributed by atoms with Gasteiger partial charge in [0.05, 0.1) is 6.61 Å². The Kier molecular flexibility index (Phi) is 5.75. The van der Waals surface area contributed by atoms with Gasteiger partial charge in [0.2, 0.25) is 17.1 Å². The molecule has 0 aromatic carbocycles. The van der Waals surface area contributed by atoms with Gasteiger partial charge in [-0.25, -0.2) is 0 Å². The molecule has 1 aromatic heterocycles. The van der Waals surface area contributed by atoms with E-state index in [1.165, 1.54) is 0 Å². The van der Waals surface area contributed by atoms with Gasteiger partial charge >= 0.3 is 6.01 Å². The summed E-state index contributed by atoms with van der Waals surface area (Å²) >= 11 is 5.76.